The van der Waals surface area contributed by atoms with Crippen LogP contribution in [0.2, 0.25) is 0 Å². The molecule has 1 unspecified atom stereocenters. The molecule has 1 N–H and O–H groups in total. The van der Waals surface area contributed by atoms with Crippen molar-refractivity contribution in [1.29, 1.82) is 0 Å². The van der Waals surface area contributed by atoms with Crippen LogP contribution in [-0.4, -0.2) is 11.1 Å². The fraction of sp³-hybridized carbons (Fsp3) is 0.562. The van der Waals surface area contributed by atoms with E-state index in [1.807, 2.05) is 0 Å². The van der Waals surface area contributed by atoms with Gasteiger partial charge in [-0.1, -0.05) is 31.0 Å². The second kappa shape index (κ2) is 4.75. The highest BCUT2D eigenvalue weighted by atomic mass is 16.4. The van der Waals surface area contributed by atoms with E-state index in [4.69, 9.17) is 0 Å². The summed E-state index contributed by atoms with van der Waals surface area (Å²) in [4.78, 5) is 11.6. The van der Waals surface area contributed by atoms with Gasteiger partial charge in [0.2, 0.25) is 0 Å². The molecule has 18 heavy (non-hydrogen) atoms. The molecule has 0 saturated heterocycles. The highest BCUT2D eigenvalue weighted by molar-refractivity contribution is 5.76. The van der Waals surface area contributed by atoms with Crippen molar-refractivity contribution in [3.8, 4) is 0 Å². The third-order valence-electron chi connectivity index (χ3n) is 4.62. The number of benzene rings is 1. The fourth-order valence-corrected chi connectivity index (χ4v) is 3.69. The molecule has 1 saturated carbocycles. The van der Waals surface area contributed by atoms with Crippen LogP contribution in [0.1, 0.15) is 54.7 Å². The predicted molar refractivity (Wildman–Crippen MR) is 70.8 cm³/mol. The molecule has 0 amide bonds. The zero-order valence-electron chi connectivity index (χ0n) is 10.7. The van der Waals surface area contributed by atoms with Gasteiger partial charge in [0.05, 0.1) is 5.92 Å². The number of rotatable bonds is 3. The molecule has 1 atom stereocenters. The molecule has 2 aliphatic rings. The number of carboxylic acids is 1. The molecule has 2 heteroatoms. The molecule has 1 aromatic rings. The summed E-state index contributed by atoms with van der Waals surface area (Å²) in [5, 5.41) is 9.54. The lowest BCUT2D eigenvalue weighted by molar-refractivity contribution is -0.140. The van der Waals surface area contributed by atoms with E-state index < -0.39 is 5.97 Å². The Morgan fingerprint density at radius 1 is 1.11 bits per heavy atom. The fourth-order valence-electron chi connectivity index (χ4n) is 3.69. The summed E-state index contributed by atoms with van der Waals surface area (Å²) in [5.74, 6) is -0.569. The average Bonchev–Trinajstić information content (AvgIpc) is 2.98. The molecule has 0 heterocycles. The molecule has 0 aliphatic heterocycles. The largest absolute Gasteiger partial charge is 0.481 e. The first-order chi connectivity index (χ1) is 8.75. The second-order valence-electron chi connectivity index (χ2n) is 5.74. The number of carboxylic acid groups (broad SMARTS) is 1. The summed E-state index contributed by atoms with van der Waals surface area (Å²) in [6.07, 6.45) is 8.05. The van der Waals surface area contributed by atoms with Crippen molar-refractivity contribution in [2.45, 2.75) is 50.9 Å². The molecule has 1 aromatic carbocycles. The van der Waals surface area contributed by atoms with E-state index >= 15 is 0 Å². The molecule has 3 rings (SSSR count). The Kier molecular flexibility index (Phi) is 3.11. The van der Waals surface area contributed by atoms with Crippen LogP contribution < -0.4 is 0 Å². The zero-order chi connectivity index (χ0) is 12.5. The van der Waals surface area contributed by atoms with Crippen molar-refractivity contribution < 1.29 is 9.90 Å². The average molecular weight is 244 g/mol. The number of carbonyl (C=O) groups is 1. The standard InChI is InChI=1S/C16H20O2/c17-16(18)15(12-4-1-2-5-12)14-9-8-11-6-3-7-13(11)10-14/h8-10,12,15H,1-7H2,(H,17,18). The van der Waals surface area contributed by atoms with E-state index in [-0.39, 0.29) is 5.92 Å². The third-order valence-corrected chi connectivity index (χ3v) is 4.62. The lowest BCUT2D eigenvalue weighted by Crippen LogP contribution is -2.19. The summed E-state index contributed by atoms with van der Waals surface area (Å²) in [7, 11) is 0. The van der Waals surface area contributed by atoms with Gasteiger partial charge in [-0.25, -0.2) is 0 Å². The van der Waals surface area contributed by atoms with Crippen LogP contribution in [0.5, 0.6) is 0 Å². The number of aliphatic carboxylic acids is 1. The Morgan fingerprint density at radius 3 is 2.56 bits per heavy atom. The van der Waals surface area contributed by atoms with Crippen LogP contribution in [0.25, 0.3) is 0 Å². The maximum atomic E-state index is 11.6. The first-order valence-electron chi connectivity index (χ1n) is 7.10. The Labute approximate surface area is 108 Å². The molecule has 2 nitrogen and oxygen atoms in total. The maximum Gasteiger partial charge on any atom is 0.311 e. The van der Waals surface area contributed by atoms with E-state index in [1.54, 1.807) is 0 Å². The molecular formula is C16H20O2. The summed E-state index contributed by atoms with van der Waals surface area (Å²) < 4.78 is 0. The van der Waals surface area contributed by atoms with E-state index in [2.05, 4.69) is 18.2 Å². The van der Waals surface area contributed by atoms with Crippen molar-refractivity contribution >= 4 is 5.97 Å². The number of aryl methyl sites for hydroxylation is 2. The minimum absolute atomic E-state index is 0.279. The third kappa shape index (κ3) is 2.05. The summed E-state index contributed by atoms with van der Waals surface area (Å²) >= 11 is 0. The Morgan fingerprint density at radius 2 is 1.83 bits per heavy atom. The number of hydrogen-bond acceptors (Lipinski definition) is 1. The second-order valence-corrected chi connectivity index (χ2v) is 5.74. The van der Waals surface area contributed by atoms with Gasteiger partial charge in [-0.2, -0.15) is 0 Å². The molecule has 1 fully saturated rings. The van der Waals surface area contributed by atoms with Crippen LogP contribution >= 0.6 is 0 Å². The first-order valence-corrected chi connectivity index (χ1v) is 7.10. The van der Waals surface area contributed by atoms with E-state index in [0.717, 1.165) is 31.2 Å². The van der Waals surface area contributed by atoms with E-state index in [0.29, 0.717) is 5.92 Å². The predicted octanol–water partition coefficient (Wildman–Crippen LogP) is 3.53. The molecular weight excluding hydrogens is 224 g/mol. The minimum Gasteiger partial charge on any atom is -0.481 e. The van der Waals surface area contributed by atoms with Gasteiger partial charge < -0.3 is 5.11 Å². The van der Waals surface area contributed by atoms with Crippen LogP contribution in [-0.2, 0) is 17.6 Å². The van der Waals surface area contributed by atoms with Crippen molar-refractivity contribution in [2.75, 3.05) is 0 Å². The van der Waals surface area contributed by atoms with Gasteiger partial charge in [-0.3, -0.25) is 4.79 Å². The lowest BCUT2D eigenvalue weighted by atomic mass is 9.84. The topological polar surface area (TPSA) is 37.3 Å². The molecule has 0 radical (unpaired) electrons. The smallest absolute Gasteiger partial charge is 0.311 e. The van der Waals surface area contributed by atoms with Crippen LogP contribution in [0.4, 0.5) is 0 Å². The summed E-state index contributed by atoms with van der Waals surface area (Å²) in [6, 6.07) is 6.38. The molecule has 2 aliphatic carbocycles. The summed E-state index contributed by atoms with van der Waals surface area (Å²) in [6.45, 7) is 0. The highest BCUT2D eigenvalue weighted by Gasteiger charge is 2.32. The van der Waals surface area contributed by atoms with Crippen molar-refractivity contribution in [2.24, 2.45) is 5.92 Å². The van der Waals surface area contributed by atoms with Crippen LogP contribution in [0, 0.1) is 5.92 Å². The van der Waals surface area contributed by atoms with Crippen molar-refractivity contribution in [3.63, 3.8) is 0 Å². The van der Waals surface area contributed by atoms with Gasteiger partial charge in [-0.15, -0.1) is 0 Å². The van der Waals surface area contributed by atoms with Gasteiger partial charge >= 0.3 is 5.97 Å². The van der Waals surface area contributed by atoms with Gasteiger partial charge in [0.15, 0.2) is 0 Å². The Bertz CT molecular complexity index is 458. The van der Waals surface area contributed by atoms with Gasteiger partial charge in [0, 0.05) is 0 Å². The molecule has 0 bridgehead atoms. The van der Waals surface area contributed by atoms with E-state index in [1.165, 1.54) is 30.4 Å². The van der Waals surface area contributed by atoms with Crippen LogP contribution in [0.15, 0.2) is 18.2 Å². The highest BCUT2D eigenvalue weighted by Crippen LogP contribution is 2.38. The van der Waals surface area contributed by atoms with E-state index in [9.17, 15) is 9.90 Å². The van der Waals surface area contributed by atoms with Gasteiger partial charge in [0.25, 0.3) is 0 Å². The number of hydrogen-bond donors (Lipinski definition) is 1. The molecule has 96 valence electrons. The van der Waals surface area contributed by atoms with Gasteiger partial charge in [0.1, 0.15) is 0 Å². The SMILES string of the molecule is O=C(O)C(c1ccc2c(c1)CCC2)C1CCCC1. The van der Waals surface area contributed by atoms with Crippen LogP contribution in [0.3, 0.4) is 0 Å². The Hall–Kier alpha value is -1.31. The van der Waals surface area contributed by atoms with Crippen molar-refractivity contribution in [1.82, 2.24) is 0 Å². The Balaban J connectivity index is 1.92. The minimum atomic E-state index is -0.639. The molecule has 0 spiro atoms. The monoisotopic (exact) mass is 244 g/mol. The quantitative estimate of drug-likeness (QED) is 0.883. The summed E-state index contributed by atoms with van der Waals surface area (Å²) in [5.41, 5.74) is 3.85. The lowest BCUT2D eigenvalue weighted by Gasteiger charge is -2.20. The molecule has 0 aromatic heterocycles. The van der Waals surface area contributed by atoms with Gasteiger partial charge in [-0.05, 0) is 54.7 Å². The van der Waals surface area contributed by atoms with Crippen molar-refractivity contribution in [3.05, 3.63) is 34.9 Å². The number of fused-ring (bicyclic) bond motifs is 1. The maximum absolute atomic E-state index is 11.6. The zero-order valence-corrected chi connectivity index (χ0v) is 10.7. The normalized spacial score (nSPS) is 20.9. The first kappa shape index (κ1) is 11.8.